The number of hydrogen-bond acceptors (Lipinski definition) is 6. The Balaban J connectivity index is 1.85. The maximum absolute atomic E-state index is 11.8. The van der Waals surface area contributed by atoms with E-state index in [9.17, 15) is 19.7 Å². The minimum atomic E-state index is -0.682. The summed E-state index contributed by atoms with van der Waals surface area (Å²) in [5, 5.41) is 15.9. The minimum Gasteiger partial charge on any atom is -0.496 e. The highest BCUT2D eigenvalue weighted by atomic mass is 16.6. The highest BCUT2D eigenvalue weighted by Gasteiger charge is 2.19. The molecule has 0 saturated heterocycles. The van der Waals surface area contributed by atoms with E-state index < -0.39 is 23.5 Å². The molecule has 1 saturated carbocycles. The van der Waals surface area contributed by atoms with Crippen LogP contribution in [0.3, 0.4) is 0 Å². The fourth-order valence-corrected chi connectivity index (χ4v) is 2.66. The van der Waals surface area contributed by atoms with Crippen LogP contribution >= 0.6 is 0 Å². The van der Waals surface area contributed by atoms with Gasteiger partial charge in [-0.25, -0.2) is 4.79 Å². The molecule has 0 radical (unpaired) electrons. The van der Waals surface area contributed by atoms with Gasteiger partial charge in [0.1, 0.15) is 5.75 Å². The second-order valence-corrected chi connectivity index (χ2v) is 5.74. The summed E-state index contributed by atoms with van der Waals surface area (Å²) in [5.41, 5.74) is -0.321. The number of hydrogen-bond donors (Lipinski definition) is 2. The number of imide groups is 1. The Kier molecular flexibility index (Phi) is 6.55. The summed E-state index contributed by atoms with van der Waals surface area (Å²) in [5.74, 6) is -0.456. The lowest BCUT2D eigenvalue weighted by atomic mass is 9.96. The third-order valence-electron chi connectivity index (χ3n) is 3.91. The Morgan fingerprint density at radius 1 is 1.28 bits per heavy atom. The van der Waals surface area contributed by atoms with Crippen molar-refractivity contribution >= 4 is 17.6 Å². The van der Waals surface area contributed by atoms with Gasteiger partial charge in [-0.1, -0.05) is 19.3 Å². The molecule has 1 aromatic rings. The zero-order valence-corrected chi connectivity index (χ0v) is 13.9. The van der Waals surface area contributed by atoms with Crippen LogP contribution < -0.4 is 20.1 Å². The lowest BCUT2D eigenvalue weighted by Gasteiger charge is -2.22. The van der Waals surface area contributed by atoms with Crippen LogP contribution in [0.2, 0.25) is 0 Å². The maximum atomic E-state index is 11.8. The SMILES string of the molecule is COc1ccc(OCC(=O)NC(=O)NC2CCCCC2)c([N+](=O)[O-])c1. The molecule has 9 heteroatoms. The molecule has 2 rings (SSSR count). The largest absolute Gasteiger partial charge is 0.496 e. The van der Waals surface area contributed by atoms with Gasteiger partial charge in [0.2, 0.25) is 0 Å². The number of nitro benzene ring substituents is 1. The van der Waals surface area contributed by atoms with E-state index in [-0.39, 0.29) is 17.5 Å². The molecule has 0 bridgehead atoms. The number of urea groups is 1. The molecule has 0 heterocycles. The van der Waals surface area contributed by atoms with Gasteiger partial charge >= 0.3 is 11.7 Å². The van der Waals surface area contributed by atoms with Crippen LogP contribution in [0.4, 0.5) is 10.5 Å². The zero-order chi connectivity index (χ0) is 18.2. The first-order chi connectivity index (χ1) is 12.0. The van der Waals surface area contributed by atoms with Gasteiger partial charge in [0.05, 0.1) is 18.1 Å². The molecule has 1 aliphatic carbocycles. The van der Waals surface area contributed by atoms with Gasteiger partial charge in [-0.05, 0) is 25.0 Å². The zero-order valence-electron chi connectivity index (χ0n) is 13.9. The van der Waals surface area contributed by atoms with E-state index in [1.54, 1.807) is 0 Å². The summed E-state index contributed by atoms with van der Waals surface area (Å²) in [6.07, 6.45) is 5.08. The highest BCUT2D eigenvalue weighted by Crippen LogP contribution is 2.30. The van der Waals surface area contributed by atoms with Crippen LogP contribution in [-0.2, 0) is 4.79 Å². The van der Waals surface area contributed by atoms with Gasteiger partial charge in [0.25, 0.3) is 5.91 Å². The van der Waals surface area contributed by atoms with Gasteiger partial charge in [-0.15, -0.1) is 0 Å². The van der Waals surface area contributed by atoms with Crippen LogP contribution in [0.25, 0.3) is 0 Å². The molecule has 25 heavy (non-hydrogen) atoms. The first-order valence-corrected chi connectivity index (χ1v) is 8.05. The number of benzene rings is 1. The molecule has 136 valence electrons. The molecule has 0 spiro atoms. The molecule has 0 unspecified atom stereocenters. The number of nitrogens with one attached hydrogen (secondary N) is 2. The third kappa shape index (κ3) is 5.63. The average molecular weight is 351 g/mol. The van der Waals surface area contributed by atoms with Crippen molar-refractivity contribution in [3.8, 4) is 11.5 Å². The van der Waals surface area contributed by atoms with Crippen molar-refractivity contribution < 1.29 is 24.0 Å². The standard InChI is InChI=1S/C16H21N3O6/c1-24-12-7-8-14(13(9-12)19(22)23)25-10-15(20)18-16(21)17-11-5-3-2-4-6-11/h7-9,11H,2-6,10H2,1H3,(H2,17,18,20,21). The highest BCUT2D eigenvalue weighted by molar-refractivity contribution is 5.95. The number of nitro groups is 1. The van der Waals surface area contributed by atoms with Crippen molar-refractivity contribution in [2.75, 3.05) is 13.7 Å². The summed E-state index contributed by atoms with van der Waals surface area (Å²) in [4.78, 5) is 34.0. The predicted octanol–water partition coefficient (Wildman–Crippen LogP) is 2.14. The molecule has 0 aromatic heterocycles. The molecular formula is C16H21N3O6. The Labute approximate surface area is 144 Å². The van der Waals surface area contributed by atoms with Crippen molar-refractivity contribution in [3.63, 3.8) is 0 Å². The van der Waals surface area contributed by atoms with Gasteiger partial charge in [0, 0.05) is 6.04 Å². The van der Waals surface area contributed by atoms with Gasteiger partial charge in [0.15, 0.2) is 12.4 Å². The van der Waals surface area contributed by atoms with Crippen LogP contribution in [0.1, 0.15) is 32.1 Å². The first-order valence-electron chi connectivity index (χ1n) is 8.05. The number of methoxy groups -OCH3 is 1. The monoisotopic (exact) mass is 351 g/mol. The summed E-state index contributed by atoms with van der Waals surface area (Å²) in [7, 11) is 1.39. The predicted molar refractivity (Wildman–Crippen MR) is 88.7 cm³/mol. The average Bonchev–Trinajstić information content (AvgIpc) is 2.60. The normalized spacial score (nSPS) is 14.4. The summed E-state index contributed by atoms with van der Waals surface area (Å²) in [6, 6.07) is 3.51. The lowest BCUT2D eigenvalue weighted by Crippen LogP contribution is -2.46. The molecule has 9 nitrogen and oxygen atoms in total. The number of ether oxygens (including phenoxy) is 2. The third-order valence-corrected chi connectivity index (χ3v) is 3.91. The van der Waals surface area contributed by atoms with Gasteiger partial charge < -0.3 is 14.8 Å². The van der Waals surface area contributed by atoms with Gasteiger partial charge in [-0.2, -0.15) is 0 Å². The molecule has 0 atom stereocenters. The second-order valence-electron chi connectivity index (χ2n) is 5.74. The second kappa shape index (κ2) is 8.86. The van der Waals surface area contributed by atoms with E-state index in [2.05, 4.69) is 10.6 Å². The number of rotatable bonds is 6. The lowest BCUT2D eigenvalue weighted by molar-refractivity contribution is -0.385. The molecule has 2 N–H and O–H groups in total. The van der Waals surface area contributed by atoms with E-state index in [0.29, 0.717) is 5.75 Å². The Hall–Kier alpha value is -2.84. The quantitative estimate of drug-likeness (QED) is 0.598. The molecule has 1 fully saturated rings. The van der Waals surface area contributed by atoms with Gasteiger partial charge in [-0.3, -0.25) is 20.2 Å². The molecule has 3 amide bonds. The van der Waals surface area contributed by atoms with Crippen molar-refractivity contribution in [1.82, 2.24) is 10.6 Å². The molecule has 0 aliphatic heterocycles. The van der Waals surface area contributed by atoms with Crippen molar-refractivity contribution in [2.45, 2.75) is 38.1 Å². The van der Waals surface area contributed by atoms with E-state index in [4.69, 9.17) is 9.47 Å². The molecular weight excluding hydrogens is 330 g/mol. The van der Waals surface area contributed by atoms with Crippen molar-refractivity contribution in [1.29, 1.82) is 0 Å². The number of nitrogens with zero attached hydrogens (tertiary/aromatic N) is 1. The molecule has 1 aromatic carbocycles. The fraction of sp³-hybridized carbons (Fsp3) is 0.500. The van der Waals surface area contributed by atoms with Crippen molar-refractivity contribution in [3.05, 3.63) is 28.3 Å². The Bertz CT molecular complexity index is 643. The molecule has 1 aliphatic rings. The Morgan fingerprint density at radius 2 is 2.00 bits per heavy atom. The summed E-state index contributed by atoms with van der Waals surface area (Å²) in [6.45, 7) is -0.509. The van der Waals surface area contributed by atoms with E-state index in [0.717, 1.165) is 32.1 Å². The maximum Gasteiger partial charge on any atom is 0.321 e. The summed E-state index contributed by atoms with van der Waals surface area (Å²) >= 11 is 0. The van der Waals surface area contributed by atoms with E-state index >= 15 is 0 Å². The van der Waals surface area contributed by atoms with Crippen LogP contribution in [0.15, 0.2) is 18.2 Å². The van der Waals surface area contributed by atoms with Crippen LogP contribution in [0, 0.1) is 10.1 Å². The Morgan fingerprint density at radius 3 is 2.64 bits per heavy atom. The minimum absolute atomic E-state index is 0.0742. The van der Waals surface area contributed by atoms with Crippen LogP contribution in [0.5, 0.6) is 11.5 Å². The van der Waals surface area contributed by atoms with Crippen molar-refractivity contribution in [2.24, 2.45) is 0 Å². The number of carbonyl (C=O) groups is 2. The number of amides is 3. The number of carbonyl (C=O) groups excluding carboxylic acids is 2. The van der Waals surface area contributed by atoms with E-state index in [1.165, 1.54) is 25.3 Å². The summed E-state index contributed by atoms with van der Waals surface area (Å²) < 4.78 is 10.1. The fourth-order valence-electron chi connectivity index (χ4n) is 2.66. The first kappa shape index (κ1) is 18.5. The van der Waals surface area contributed by atoms with Crippen LogP contribution in [-0.4, -0.2) is 36.6 Å². The topological polar surface area (TPSA) is 120 Å². The van der Waals surface area contributed by atoms with E-state index in [1.807, 2.05) is 0 Å². The smallest absolute Gasteiger partial charge is 0.321 e.